The van der Waals surface area contributed by atoms with Crippen LogP contribution < -0.4 is 4.74 Å². The largest absolute Gasteiger partial charge is 0.488 e. The van der Waals surface area contributed by atoms with E-state index >= 15 is 0 Å². The molecule has 0 radical (unpaired) electrons. The van der Waals surface area contributed by atoms with Crippen molar-refractivity contribution in [2.24, 2.45) is 17.3 Å². The zero-order valence-electron chi connectivity index (χ0n) is 16.3. The Labute approximate surface area is 153 Å². The van der Waals surface area contributed by atoms with Gasteiger partial charge in [-0.2, -0.15) is 0 Å². The number of rotatable bonds is 3. The highest BCUT2D eigenvalue weighted by Gasteiger charge is 2.54. The monoisotopic (exact) mass is 342 g/mol. The number of aliphatic hydroxyl groups excluding tert-OH is 1. The summed E-state index contributed by atoms with van der Waals surface area (Å²) in [6, 6.07) is 6.84. The van der Waals surface area contributed by atoms with Crippen LogP contribution in [0.1, 0.15) is 83.3 Å². The van der Waals surface area contributed by atoms with Crippen LogP contribution in [0, 0.1) is 17.3 Å². The van der Waals surface area contributed by atoms with Gasteiger partial charge in [0, 0.05) is 0 Å². The normalized spacial score (nSPS) is 37.2. The molecule has 3 aliphatic rings. The second kappa shape index (κ2) is 6.01. The third-order valence-electron chi connectivity index (χ3n) is 7.89. The van der Waals surface area contributed by atoms with Crippen molar-refractivity contribution in [3.8, 4) is 5.75 Å². The van der Waals surface area contributed by atoms with Crippen LogP contribution in [0.25, 0.3) is 0 Å². The van der Waals surface area contributed by atoms with Crippen LogP contribution in [0.2, 0.25) is 0 Å². The summed E-state index contributed by atoms with van der Waals surface area (Å²) in [5.41, 5.74) is 3.15. The molecule has 25 heavy (non-hydrogen) atoms. The molecule has 3 aliphatic carbocycles. The summed E-state index contributed by atoms with van der Waals surface area (Å²) in [6.45, 7) is 8.86. The maximum atomic E-state index is 10.5. The molecule has 0 spiro atoms. The van der Waals surface area contributed by atoms with Gasteiger partial charge >= 0.3 is 0 Å². The molecule has 2 saturated carbocycles. The molecule has 2 heteroatoms. The van der Waals surface area contributed by atoms with E-state index < -0.39 is 0 Å². The topological polar surface area (TPSA) is 29.5 Å². The third-order valence-corrected chi connectivity index (χ3v) is 7.89. The van der Waals surface area contributed by atoms with Crippen LogP contribution in [0.15, 0.2) is 18.2 Å². The Balaban J connectivity index is 1.59. The van der Waals surface area contributed by atoms with Gasteiger partial charge in [0.2, 0.25) is 0 Å². The standard InChI is InChI=1S/C23H34O2/c1-5-22(2,3)25-16-7-9-17-15(14-16)6-8-19-18(17)12-13-23(4)20(19)10-11-21(23)24/h7,9,14,18-21,24H,5-6,8,10-13H2,1-4H3/t18-,19-,20+,21+,23+/m1/s1. The minimum absolute atomic E-state index is 0.0769. The first-order chi connectivity index (χ1) is 11.8. The first-order valence-corrected chi connectivity index (χ1v) is 10.3. The molecule has 5 atom stereocenters. The van der Waals surface area contributed by atoms with Crippen molar-refractivity contribution in [3.05, 3.63) is 29.3 Å². The average Bonchev–Trinajstić information content (AvgIpc) is 2.89. The van der Waals surface area contributed by atoms with E-state index in [0.717, 1.165) is 24.5 Å². The predicted molar refractivity (Wildman–Crippen MR) is 102 cm³/mol. The Hall–Kier alpha value is -1.02. The van der Waals surface area contributed by atoms with Crippen molar-refractivity contribution in [1.29, 1.82) is 0 Å². The summed E-state index contributed by atoms with van der Waals surface area (Å²) >= 11 is 0. The number of hydrogen-bond donors (Lipinski definition) is 1. The number of fused-ring (bicyclic) bond motifs is 5. The second-order valence-electron chi connectivity index (χ2n) is 9.63. The Morgan fingerprint density at radius 2 is 2.00 bits per heavy atom. The van der Waals surface area contributed by atoms with Crippen molar-refractivity contribution in [2.75, 3.05) is 0 Å². The molecule has 0 heterocycles. The molecule has 0 aliphatic heterocycles. The molecule has 0 bridgehead atoms. The van der Waals surface area contributed by atoms with Gasteiger partial charge in [-0.05, 0) is 105 Å². The van der Waals surface area contributed by atoms with Crippen molar-refractivity contribution in [1.82, 2.24) is 0 Å². The fourth-order valence-corrected chi connectivity index (χ4v) is 5.99. The van der Waals surface area contributed by atoms with Gasteiger partial charge in [-0.1, -0.05) is 19.9 Å². The molecule has 2 fully saturated rings. The third kappa shape index (κ3) is 2.81. The van der Waals surface area contributed by atoms with Crippen molar-refractivity contribution in [2.45, 2.75) is 90.3 Å². The maximum Gasteiger partial charge on any atom is 0.120 e. The molecule has 0 aromatic heterocycles. The van der Waals surface area contributed by atoms with Gasteiger partial charge in [0.1, 0.15) is 11.4 Å². The highest BCUT2D eigenvalue weighted by Crippen LogP contribution is 2.60. The molecule has 138 valence electrons. The van der Waals surface area contributed by atoms with Crippen molar-refractivity contribution >= 4 is 0 Å². The van der Waals surface area contributed by atoms with E-state index in [4.69, 9.17) is 4.74 Å². The zero-order chi connectivity index (χ0) is 17.8. The van der Waals surface area contributed by atoms with Crippen molar-refractivity contribution in [3.63, 3.8) is 0 Å². The second-order valence-corrected chi connectivity index (χ2v) is 9.63. The molecular formula is C23H34O2. The molecule has 2 nitrogen and oxygen atoms in total. The first-order valence-electron chi connectivity index (χ1n) is 10.3. The van der Waals surface area contributed by atoms with Crippen LogP contribution in [-0.4, -0.2) is 16.8 Å². The highest BCUT2D eigenvalue weighted by molar-refractivity contribution is 5.41. The van der Waals surface area contributed by atoms with E-state index in [1.165, 1.54) is 37.7 Å². The number of ether oxygens (including phenoxy) is 1. The average molecular weight is 343 g/mol. The number of hydrogen-bond acceptors (Lipinski definition) is 2. The molecule has 1 aromatic rings. The lowest BCUT2D eigenvalue weighted by molar-refractivity contribution is -0.0226. The predicted octanol–water partition coefficient (Wildman–Crippen LogP) is 5.47. The lowest BCUT2D eigenvalue weighted by Gasteiger charge is -2.50. The van der Waals surface area contributed by atoms with Crippen LogP contribution in [0.4, 0.5) is 0 Å². The summed E-state index contributed by atoms with van der Waals surface area (Å²) in [6.07, 6.45) is 8.04. The smallest absolute Gasteiger partial charge is 0.120 e. The lowest BCUT2D eigenvalue weighted by Crippen LogP contribution is -2.43. The van der Waals surface area contributed by atoms with E-state index in [2.05, 4.69) is 45.9 Å². The molecule has 4 rings (SSSR count). The number of aryl methyl sites for hydroxylation is 1. The summed E-state index contributed by atoms with van der Waals surface area (Å²) < 4.78 is 6.22. The fourth-order valence-electron chi connectivity index (χ4n) is 5.99. The van der Waals surface area contributed by atoms with Gasteiger partial charge in [-0.3, -0.25) is 0 Å². The first kappa shape index (κ1) is 17.4. The molecule has 1 N–H and O–H groups in total. The summed E-state index contributed by atoms with van der Waals surface area (Å²) in [7, 11) is 0. The van der Waals surface area contributed by atoms with Crippen LogP contribution in [-0.2, 0) is 6.42 Å². The van der Waals surface area contributed by atoms with E-state index in [0.29, 0.717) is 11.8 Å². The van der Waals surface area contributed by atoms with Crippen LogP contribution in [0.5, 0.6) is 5.75 Å². The quantitative estimate of drug-likeness (QED) is 0.789. The van der Waals surface area contributed by atoms with Gasteiger partial charge < -0.3 is 9.84 Å². The summed E-state index contributed by atoms with van der Waals surface area (Å²) in [5.74, 6) is 3.20. The van der Waals surface area contributed by atoms with Gasteiger partial charge in [0.15, 0.2) is 0 Å². The van der Waals surface area contributed by atoms with Gasteiger partial charge in [-0.25, -0.2) is 0 Å². The Bertz CT molecular complexity index is 649. The fraction of sp³-hybridized carbons (Fsp3) is 0.739. The van der Waals surface area contributed by atoms with Crippen molar-refractivity contribution < 1.29 is 9.84 Å². The molecule has 0 saturated heterocycles. The molecule has 0 amide bonds. The Morgan fingerprint density at radius 3 is 2.76 bits per heavy atom. The van der Waals surface area contributed by atoms with E-state index in [1.807, 2.05) is 0 Å². The Morgan fingerprint density at radius 1 is 1.20 bits per heavy atom. The molecule has 1 aromatic carbocycles. The lowest BCUT2D eigenvalue weighted by atomic mass is 9.55. The molecule has 0 unspecified atom stereocenters. The van der Waals surface area contributed by atoms with Gasteiger partial charge in [-0.15, -0.1) is 0 Å². The zero-order valence-corrected chi connectivity index (χ0v) is 16.3. The summed E-state index contributed by atoms with van der Waals surface area (Å²) in [5, 5.41) is 10.5. The van der Waals surface area contributed by atoms with E-state index in [1.54, 1.807) is 5.56 Å². The Kier molecular flexibility index (Phi) is 4.18. The van der Waals surface area contributed by atoms with E-state index in [-0.39, 0.29) is 17.1 Å². The minimum Gasteiger partial charge on any atom is -0.488 e. The van der Waals surface area contributed by atoms with E-state index in [9.17, 15) is 5.11 Å². The minimum atomic E-state index is -0.0991. The molecular weight excluding hydrogens is 308 g/mol. The summed E-state index contributed by atoms with van der Waals surface area (Å²) in [4.78, 5) is 0. The highest BCUT2D eigenvalue weighted by atomic mass is 16.5. The van der Waals surface area contributed by atoms with Gasteiger partial charge in [0.05, 0.1) is 6.10 Å². The number of aliphatic hydroxyl groups is 1. The van der Waals surface area contributed by atoms with Crippen LogP contribution in [0.3, 0.4) is 0 Å². The number of benzene rings is 1. The SMILES string of the molecule is CCC(C)(C)Oc1ccc2c(c1)CC[C@@H]1[C@@H]2CC[C@]2(C)[C@@H](O)CC[C@@H]12. The van der Waals surface area contributed by atoms with Gasteiger partial charge in [0.25, 0.3) is 0 Å². The maximum absolute atomic E-state index is 10.5. The van der Waals surface area contributed by atoms with Crippen LogP contribution >= 0.6 is 0 Å².